The van der Waals surface area contributed by atoms with Crippen molar-refractivity contribution in [2.75, 3.05) is 4.72 Å². The number of hydrogen-bond acceptors (Lipinski definition) is 4. The fourth-order valence-corrected chi connectivity index (χ4v) is 2.95. The van der Waals surface area contributed by atoms with Gasteiger partial charge in [0.2, 0.25) is 0 Å². The molecule has 0 spiro atoms. The number of hydrogen-bond donors (Lipinski definition) is 1. The predicted octanol–water partition coefficient (Wildman–Crippen LogP) is 2.70. The van der Waals surface area contributed by atoms with Crippen molar-refractivity contribution in [3.63, 3.8) is 0 Å². The molecule has 0 unspecified atom stereocenters. The number of sulfonamides is 1. The van der Waals surface area contributed by atoms with E-state index < -0.39 is 10.0 Å². The zero-order valence-corrected chi connectivity index (χ0v) is 12.9. The number of nitrogens with one attached hydrogen (secondary N) is 1. The highest BCUT2D eigenvalue weighted by Gasteiger charge is 2.15. The Morgan fingerprint density at radius 1 is 1.10 bits per heavy atom. The van der Waals surface area contributed by atoms with Crippen LogP contribution in [0, 0.1) is 13.8 Å². The summed E-state index contributed by atoms with van der Waals surface area (Å²) in [6.45, 7) is 5.10. The molecule has 0 saturated carbocycles. The fraction of sp³-hybridized carbons (Fsp3) is 0.200. The molecule has 0 saturated heterocycles. The van der Waals surface area contributed by atoms with Crippen LogP contribution in [0.3, 0.4) is 0 Å². The van der Waals surface area contributed by atoms with Gasteiger partial charge in [-0.1, -0.05) is 12.1 Å². The number of pyridine rings is 1. The quantitative estimate of drug-likeness (QED) is 0.881. The lowest BCUT2D eigenvalue weighted by Crippen LogP contribution is -2.14. The van der Waals surface area contributed by atoms with Crippen LogP contribution in [0.25, 0.3) is 0 Å². The Morgan fingerprint density at radius 2 is 1.71 bits per heavy atom. The molecule has 0 aliphatic carbocycles. The Kier molecular flexibility index (Phi) is 4.09. The first-order valence-electron chi connectivity index (χ1n) is 6.37. The van der Waals surface area contributed by atoms with E-state index in [0.717, 1.165) is 11.3 Å². The second-order valence-electron chi connectivity index (χ2n) is 4.86. The van der Waals surface area contributed by atoms with E-state index in [1.54, 1.807) is 13.0 Å². The van der Waals surface area contributed by atoms with E-state index in [1.807, 2.05) is 13.0 Å². The molecule has 0 fully saturated rings. The highest BCUT2D eigenvalue weighted by molar-refractivity contribution is 7.92. The summed E-state index contributed by atoms with van der Waals surface area (Å²) in [6, 6.07) is 9.31. The van der Waals surface area contributed by atoms with Crippen LogP contribution < -0.4 is 4.72 Å². The fourth-order valence-electron chi connectivity index (χ4n) is 1.96. The van der Waals surface area contributed by atoms with Crippen molar-refractivity contribution in [3.8, 4) is 0 Å². The SMILES string of the molecule is CC(=O)c1ccc(S(=O)(=O)Nc2cc(C)cc(C)n2)cc1. The van der Waals surface area contributed by atoms with Crippen molar-refractivity contribution >= 4 is 21.6 Å². The number of aryl methyl sites for hydroxylation is 2. The molecule has 6 heteroatoms. The van der Waals surface area contributed by atoms with E-state index in [1.165, 1.54) is 31.2 Å². The summed E-state index contributed by atoms with van der Waals surface area (Å²) in [4.78, 5) is 15.4. The number of Topliss-reactive ketones (excluding diaryl/α,β-unsaturated/α-hetero) is 1. The molecule has 1 aromatic heterocycles. The van der Waals surface area contributed by atoms with E-state index in [4.69, 9.17) is 0 Å². The maximum absolute atomic E-state index is 12.3. The van der Waals surface area contributed by atoms with Gasteiger partial charge in [-0.2, -0.15) is 0 Å². The van der Waals surface area contributed by atoms with Crippen molar-refractivity contribution < 1.29 is 13.2 Å². The van der Waals surface area contributed by atoms with Crippen LogP contribution in [0.15, 0.2) is 41.3 Å². The van der Waals surface area contributed by atoms with Gasteiger partial charge in [-0.3, -0.25) is 9.52 Å². The molecular formula is C15H16N2O3S. The predicted molar refractivity (Wildman–Crippen MR) is 81.0 cm³/mol. The molecule has 0 aliphatic rings. The van der Waals surface area contributed by atoms with Crippen molar-refractivity contribution in [1.29, 1.82) is 0 Å². The number of carbonyl (C=O) groups excluding carboxylic acids is 1. The first-order chi connectivity index (χ1) is 9.78. The summed E-state index contributed by atoms with van der Waals surface area (Å²) < 4.78 is 27.0. The molecule has 110 valence electrons. The van der Waals surface area contributed by atoms with Gasteiger partial charge in [-0.25, -0.2) is 13.4 Å². The molecule has 5 nitrogen and oxygen atoms in total. The molecule has 0 radical (unpaired) electrons. The number of rotatable bonds is 4. The smallest absolute Gasteiger partial charge is 0.263 e. The second-order valence-corrected chi connectivity index (χ2v) is 6.54. The van der Waals surface area contributed by atoms with E-state index in [-0.39, 0.29) is 16.5 Å². The minimum Gasteiger partial charge on any atom is -0.295 e. The number of nitrogens with zero attached hydrogens (tertiary/aromatic N) is 1. The van der Waals surface area contributed by atoms with Gasteiger partial charge in [0.15, 0.2) is 5.78 Å². The van der Waals surface area contributed by atoms with Gasteiger partial charge >= 0.3 is 0 Å². The Balaban J connectivity index is 2.31. The van der Waals surface area contributed by atoms with Crippen LogP contribution in [-0.4, -0.2) is 19.2 Å². The van der Waals surface area contributed by atoms with Crippen molar-refractivity contribution in [3.05, 3.63) is 53.2 Å². The summed E-state index contributed by atoms with van der Waals surface area (Å²) in [5.41, 5.74) is 2.13. The van der Waals surface area contributed by atoms with Crippen molar-refractivity contribution in [2.24, 2.45) is 0 Å². The molecule has 0 atom stereocenters. The maximum Gasteiger partial charge on any atom is 0.263 e. The standard InChI is InChI=1S/C15H16N2O3S/c1-10-8-11(2)16-15(9-10)17-21(19,20)14-6-4-13(5-7-14)12(3)18/h4-9H,1-3H3,(H,16,17). The zero-order chi connectivity index (χ0) is 15.6. The normalized spacial score (nSPS) is 11.2. The molecule has 0 amide bonds. The van der Waals surface area contributed by atoms with Crippen LogP contribution >= 0.6 is 0 Å². The van der Waals surface area contributed by atoms with Gasteiger partial charge in [0.05, 0.1) is 4.90 Å². The van der Waals surface area contributed by atoms with E-state index in [9.17, 15) is 13.2 Å². The van der Waals surface area contributed by atoms with E-state index in [2.05, 4.69) is 9.71 Å². The monoisotopic (exact) mass is 304 g/mol. The largest absolute Gasteiger partial charge is 0.295 e. The van der Waals surface area contributed by atoms with Gasteiger partial charge in [-0.05, 0) is 50.6 Å². The second kappa shape index (κ2) is 5.65. The Bertz CT molecular complexity index is 761. The highest BCUT2D eigenvalue weighted by Crippen LogP contribution is 2.17. The lowest BCUT2D eigenvalue weighted by Gasteiger charge is -2.09. The third-order valence-corrected chi connectivity index (χ3v) is 4.28. The molecule has 1 heterocycles. The Labute approximate surface area is 124 Å². The van der Waals surface area contributed by atoms with E-state index >= 15 is 0 Å². The number of benzene rings is 1. The summed E-state index contributed by atoms with van der Waals surface area (Å²) in [5.74, 6) is 0.172. The molecule has 2 rings (SSSR count). The molecule has 0 bridgehead atoms. The zero-order valence-electron chi connectivity index (χ0n) is 12.0. The minimum atomic E-state index is -3.71. The average molecular weight is 304 g/mol. The molecule has 1 aromatic carbocycles. The third-order valence-electron chi connectivity index (χ3n) is 2.91. The topological polar surface area (TPSA) is 76.1 Å². The Morgan fingerprint density at radius 3 is 2.24 bits per heavy atom. The van der Waals surface area contributed by atoms with Crippen LogP contribution in [0.4, 0.5) is 5.82 Å². The highest BCUT2D eigenvalue weighted by atomic mass is 32.2. The van der Waals surface area contributed by atoms with Crippen LogP contribution in [0.5, 0.6) is 0 Å². The van der Waals surface area contributed by atoms with Gasteiger partial charge in [0.1, 0.15) is 5.82 Å². The molecule has 21 heavy (non-hydrogen) atoms. The summed E-state index contributed by atoms with van der Waals surface area (Å²) >= 11 is 0. The van der Waals surface area contributed by atoms with Gasteiger partial charge < -0.3 is 0 Å². The van der Waals surface area contributed by atoms with Gasteiger partial charge in [-0.15, -0.1) is 0 Å². The van der Waals surface area contributed by atoms with Crippen LogP contribution in [-0.2, 0) is 10.0 Å². The Hall–Kier alpha value is -2.21. The van der Waals surface area contributed by atoms with Crippen LogP contribution in [0.1, 0.15) is 28.5 Å². The average Bonchev–Trinajstić information content (AvgIpc) is 2.37. The van der Waals surface area contributed by atoms with Crippen molar-refractivity contribution in [1.82, 2.24) is 4.98 Å². The molecule has 1 N–H and O–H groups in total. The molecule has 2 aromatic rings. The lowest BCUT2D eigenvalue weighted by molar-refractivity contribution is 0.101. The first-order valence-corrected chi connectivity index (χ1v) is 7.85. The van der Waals surface area contributed by atoms with Crippen molar-refractivity contribution in [2.45, 2.75) is 25.7 Å². The maximum atomic E-state index is 12.3. The summed E-state index contributed by atoms with van der Waals surface area (Å²) in [7, 11) is -3.71. The van der Waals surface area contributed by atoms with Gasteiger partial charge in [0.25, 0.3) is 10.0 Å². The molecular weight excluding hydrogens is 288 g/mol. The number of aromatic nitrogens is 1. The first kappa shape index (κ1) is 15.2. The number of carbonyl (C=O) groups is 1. The third kappa shape index (κ3) is 3.66. The van der Waals surface area contributed by atoms with Gasteiger partial charge in [0, 0.05) is 11.3 Å². The lowest BCUT2D eigenvalue weighted by atomic mass is 10.2. The summed E-state index contributed by atoms with van der Waals surface area (Å²) in [5, 5.41) is 0. The number of anilines is 1. The van der Waals surface area contributed by atoms with E-state index in [0.29, 0.717) is 5.56 Å². The number of ketones is 1. The summed E-state index contributed by atoms with van der Waals surface area (Å²) in [6.07, 6.45) is 0. The minimum absolute atomic E-state index is 0.0912. The van der Waals surface area contributed by atoms with Crippen LogP contribution in [0.2, 0.25) is 0 Å². The molecule has 0 aliphatic heterocycles.